The summed E-state index contributed by atoms with van der Waals surface area (Å²) in [5.41, 5.74) is 4.84. The third-order valence-electron chi connectivity index (χ3n) is 3.46. The van der Waals surface area contributed by atoms with E-state index in [0.29, 0.717) is 0 Å². The van der Waals surface area contributed by atoms with Crippen LogP contribution in [0.3, 0.4) is 0 Å². The van der Waals surface area contributed by atoms with Gasteiger partial charge in [-0.05, 0) is 22.6 Å². The van der Waals surface area contributed by atoms with E-state index >= 15 is 0 Å². The second-order valence-electron chi connectivity index (χ2n) is 6.17. The average Bonchev–Trinajstić information content (AvgIpc) is 2.87. The van der Waals surface area contributed by atoms with Gasteiger partial charge in [-0.15, -0.1) is 0 Å². The molecule has 0 atom stereocenters. The number of fused-ring (bicyclic) bond motifs is 1. The lowest BCUT2D eigenvalue weighted by Gasteiger charge is -2.19. The third kappa shape index (κ3) is 3.27. The third-order valence-corrected chi connectivity index (χ3v) is 4.40. The molecule has 1 aromatic carbocycles. The Kier molecular flexibility index (Phi) is 3.72. The molecule has 4 heteroatoms. The zero-order valence-electron chi connectivity index (χ0n) is 12.6. The van der Waals surface area contributed by atoms with Crippen LogP contribution in [-0.2, 0) is 11.2 Å². The lowest BCUT2D eigenvalue weighted by Crippen LogP contribution is -2.10. The van der Waals surface area contributed by atoms with E-state index < -0.39 is 0 Å². The number of benzene rings is 1. The highest BCUT2D eigenvalue weighted by atomic mass is 32.2. The van der Waals surface area contributed by atoms with Crippen LogP contribution < -0.4 is 0 Å². The van der Waals surface area contributed by atoms with E-state index in [9.17, 15) is 0 Å². The number of imidazole rings is 1. The maximum Gasteiger partial charge on any atom is 0.166 e. The van der Waals surface area contributed by atoms with Gasteiger partial charge in [-0.1, -0.05) is 56.8 Å². The summed E-state index contributed by atoms with van der Waals surface area (Å²) in [5.74, 6) is 0.914. The fourth-order valence-corrected chi connectivity index (χ4v) is 3.00. The number of nitrogens with zero attached hydrogens (tertiary/aromatic N) is 2. The Labute approximate surface area is 129 Å². The Morgan fingerprint density at radius 1 is 1.10 bits per heavy atom. The van der Waals surface area contributed by atoms with Crippen molar-refractivity contribution in [1.82, 2.24) is 15.0 Å². The van der Waals surface area contributed by atoms with Gasteiger partial charge in [0.1, 0.15) is 5.52 Å². The van der Waals surface area contributed by atoms with Crippen LogP contribution in [0.2, 0.25) is 0 Å². The van der Waals surface area contributed by atoms with Gasteiger partial charge in [0.2, 0.25) is 0 Å². The molecular weight excluding hydrogens is 278 g/mol. The van der Waals surface area contributed by atoms with Gasteiger partial charge in [-0.2, -0.15) is 0 Å². The van der Waals surface area contributed by atoms with Gasteiger partial charge in [0, 0.05) is 11.9 Å². The first-order valence-corrected chi connectivity index (χ1v) is 8.03. The van der Waals surface area contributed by atoms with Crippen molar-refractivity contribution in [2.45, 2.75) is 37.1 Å². The van der Waals surface area contributed by atoms with Gasteiger partial charge >= 0.3 is 0 Å². The molecule has 0 aliphatic carbocycles. The maximum absolute atomic E-state index is 4.53. The SMILES string of the molecule is CC(C)(C)c1ccc(CSc2nc3cnccc3[nH]2)cc1. The van der Waals surface area contributed by atoms with Gasteiger partial charge in [0.05, 0.1) is 11.7 Å². The van der Waals surface area contributed by atoms with Crippen LogP contribution in [0.5, 0.6) is 0 Å². The molecule has 0 spiro atoms. The van der Waals surface area contributed by atoms with Crippen molar-refractivity contribution < 1.29 is 0 Å². The maximum atomic E-state index is 4.53. The standard InChI is InChI=1S/C17H19N3S/c1-17(2,3)13-6-4-12(5-7-13)11-21-16-19-14-8-9-18-10-15(14)20-16/h4-10H,11H2,1-3H3,(H,19,20). The Bertz CT molecular complexity index is 706. The predicted octanol–water partition coefficient (Wildman–Crippen LogP) is 4.55. The van der Waals surface area contributed by atoms with E-state index in [1.807, 2.05) is 6.07 Å². The molecule has 3 rings (SSSR count). The molecule has 0 unspecified atom stereocenters. The van der Waals surface area contributed by atoms with Crippen LogP contribution in [0.15, 0.2) is 47.9 Å². The van der Waals surface area contributed by atoms with Crippen molar-refractivity contribution in [3.8, 4) is 0 Å². The average molecular weight is 297 g/mol. The monoisotopic (exact) mass is 297 g/mol. The number of pyridine rings is 1. The highest BCUT2D eigenvalue weighted by Crippen LogP contribution is 2.25. The van der Waals surface area contributed by atoms with E-state index in [4.69, 9.17) is 0 Å². The highest BCUT2D eigenvalue weighted by molar-refractivity contribution is 7.98. The molecule has 2 heterocycles. The van der Waals surface area contributed by atoms with Crippen LogP contribution in [0, 0.1) is 0 Å². The number of H-pyrrole nitrogens is 1. The van der Waals surface area contributed by atoms with Crippen LogP contribution in [-0.4, -0.2) is 15.0 Å². The lowest BCUT2D eigenvalue weighted by molar-refractivity contribution is 0.590. The predicted molar refractivity (Wildman–Crippen MR) is 88.6 cm³/mol. The lowest BCUT2D eigenvalue weighted by atomic mass is 9.87. The first kappa shape index (κ1) is 14.1. The Morgan fingerprint density at radius 2 is 1.86 bits per heavy atom. The number of aromatic nitrogens is 3. The topological polar surface area (TPSA) is 41.6 Å². The highest BCUT2D eigenvalue weighted by Gasteiger charge is 2.12. The largest absolute Gasteiger partial charge is 0.333 e. The summed E-state index contributed by atoms with van der Waals surface area (Å²) in [7, 11) is 0. The molecule has 0 amide bonds. The van der Waals surface area contributed by atoms with E-state index in [1.54, 1.807) is 24.2 Å². The Hall–Kier alpha value is -1.81. The summed E-state index contributed by atoms with van der Waals surface area (Å²) in [6.45, 7) is 6.71. The van der Waals surface area contributed by atoms with Crippen molar-refractivity contribution in [2.75, 3.05) is 0 Å². The summed E-state index contributed by atoms with van der Waals surface area (Å²) in [4.78, 5) is 11.9. The van der Waals surface area contributed by atoms with Crippen molar-refractivity contribution in [2.24, 2.45) is 0 Å². The molecular formula is C17H19N3S. The first-order chi connectivity index (χ1) is 10.0. The van der Waals surface area contributed by atoms with Crippen LogP contribution in [0.1, 0.15) is 31.9 Å². The van der Waals surface area contributed by atoms with Crippen LogP contribution >= 0.6 is 11.8 Å². The fourth-order valence-electron chi connectivity index (χ4n) is 2.15. The molecule has 21 heavy (non-hydrogen) atoms. The minimum absolute atomic E-state index is 0.206. The van der Waals surface area contributed by atoms with Gasteiger partial charge in [0.25, 0.3) is 0 Å². The summed E-state index contributed by atoms with van der Waals surface area (Å²) in [5, 5.41) is 0.942. The number of aromatic amines is 1. The van der Waals surface area contributed by atoms with Crippen molar-refractivity contribution >= 4 is 22.8 Å². The van der Waals surface area contributed by atoms with Gasteiger partial charge in [-0.25, -0.2) is 4.98 Å². The second kappa shape index (κ2) is 5.53. The fraction of sp³-hybridized carbons (Fsp3) is 0.294. The van der Waals surface area contributed by atoms with E-state index in [2.05, 4.69) is 60.0 Å². The molecule has 0 bridgehead atoms. The quantitative estimate of drug-likeness (QED) is 0.721. The molecule has 3 aromatic rings. The number of rotatable bonds is 3. The molecule has 108 valence electrons. The summed E-state index contributed by atoms with van der Waals surface area (Å²) in [6.07, 6.45) is 3.56. The van der Waals surface area contributed by atoms with E-state index in [0.717, 1.165) is 21.9 Å². The van der Waals surface area contributed by atoms with Gasteiger partial charge < -0.3 is 4.98 Å². The zero-order valence-corrected chi connectivity index (χ0v) is 13.4. The molecule has 3 nitrogen and oxygen atoms in total. The summed E-state index contributed by atoms with van der Waals surface area (Å²) in [6, 6.07) is 10.8. The number of nitrogens with one attached hydrogen (secondary N) is 1. The smallest absolute Gasteiger partial charge is 0.166 e. The number of hydrogen-bond acceptors (Lipinski definition) is 3. The van der Waals surface area contributed by atoms with Crippen LogP contribution in [0.25, 0.3) is 11.0 Å². The molecule has 0 fully saturated rings. The second-order valence-corrected chi connectivity index (χ2v) is 7.13. The van der Waals surface area contributed by atoms with Gasteiger partial charge in [0.15, 0.2) is 5.16 Å². The molecule has 0 saturated heterocycles. The first-order valence-electron chi connectivity index (χ1n) is 7.04. The molecule has 2 aromatic heterocycles. The Morgan fingerprint density at radius 3 is 2.52 bits per heavy atom. The minimum Gasteiger partial charge on any atom is -0.333 e. The molecule has 0 aliphatic heterocycles. The van der Waals surface area contributed by atoms with E-state index in [-0.39, 0.29) is 5.41 Å². The van der Waals surface area contributed by atoms with E-state index in [1.165, 1.54) is 11.1 Å². The number of hydrogen-bond donors (Lipinski definition) is 1. The number of thioether (sulfide) groups is 1. The van der Waals surface area contributed by atoms with Crippen molar-refractivity contribution in [3.05, 3.63) is 53.9 Å². The summed E-state index contributed by atoms with van der Waals surface area (Å²) >= 11 is 1.72. The van der Waals surface area contributed by atoms with Crippen molar-refractivity contribution in [1.29, 1.82) is 0 Å². The normalized spacial score (nSPS) is 12.0. The minimum atomic E-state index is 0.206. The molecule has 0 radical (unpaired) electrons. The molecule has 0 aliphatic rings. The zero-order chi connectivity index (χ0) is 14.9. The van der Waals surface area contributed by atoms with Gasteiger partial charge in [-0.3, -0.25) is 4.98 Å². The van der Waals surface area contributed by atoms with Crippen LogP contribution in [0.4, 0.5) is 0 Å². The molecule has 0 saturated carbocycles. The van der Waals surface area contributed by atoms with Crippen molar-refractivity contribution in [3.63, 3.8) is 0 Å². The Balaban J connectivity index is 1.69. The summed E-state index contributed by atoms with van der Waals surface area (Å²) < 4.78 is 0. The molecule has 1 N–H and O–H groups in total.